The molecule has 6 nitrogen and oxygen atoms in total. The maximum absolute atomic E-state index is 12.1. The van der Waals surface area contributed by atoms with Gasteiger partial charge in [-0.3, -0.25) is 14.5 Å². The molecule has 2 N–H and O–H groups in total. The molecule has 0 aromatic heterocycles. The van der Waals surface area contributed by atoms with Crippen LogP contribution in [-0.4, -0.2) is 50.5 Å². The number of likely N-dealkylation sites (N-methyl/N-ethyl adjacent to an activating group) is 1. The van der Waals surface area contributed by atoms with Crippen LogP contribution in [0.25, 0.3) is 0 Å². The third kappa shape index (κ3) is 6.50. The molecule has 0 saturated heterocycles. The van der Waals surface area contributed by atoms with Gasteiger partial charge in [0.2, 0.25) is 5.91 Å². The van der Waals surface area contributed by atoms with Crippen LogP contribution < -0.4 is 15.4 Å². The van der Waals surface area contributed by atoms with Crippen LogP contribution in [0.2, 0.25) is 0 Å². The Labute approximate surface area is 161 Å². The average Bonchev–Trinajstić information content (AvgIpc) is 2.62. The zero-order chi connectivity index (χ0) is 18.9. The van der Waals surface area contributed by atoms with Gasteiger partial charge in [-0.05, 0) is 49.5 Å². The van der Waals surface area contributed by atoms with Crippen molar-refractivity contribution in [1.82, 2.24) is 10.2 Å². The third-order valence-electron chi connectivity index (χ3n) is 3.60. The van der Waals surface area contributed by atoms with E-state index in [2.05, 4.69) is 26.6 Å². The molecule has 0 fully saturated rings. The Balaban J connectivity index is 1.76. The van der Waals surface area contributed by atoms with Crippen molar-refractivity contribution in [3.05, 3.63) is 58.6 Å². The molecule has 26 heavy (non-hydrogen) atoms. The molecule has 0 bridgehead atoms. The van der Waals surface area contributed by atoms with Crippen LogP contribution in [0, 0.1) is 0 Å². The van der Waals surface area contributed by atoms with Crippen molar-refractivity contribution < 1.29 is 14.3 Å². The first-order valence-corrected chi connectivity index (χ1v) is 8.96. The molecule has 0 heterocycles. The highest BCUT2D eigenvalue weighted by Crippen LogP contribution is 2.16. The summed E-state index contributed by atoms with van der Waals surface area (Å²) in [6.45, 7) is 1.33. The number of ether oxygens (including phenoxy) is 1. The molecule has 0 aliphatic rings. The zero-order valence-electron chi connectivity index (χ0n) is 14.8. The summed E-state index contributed by atoms with van der Waals surface area (Å²) >= 11 is 3.38. The van der Waals surface area contributed by atoms with Gasteiger partial charge in [-0.15, -0.1) is 0 Å². The maximum Gasteiger partial charge on any atom is 0.251 e. The van der Waals surface area contributed by atoms with Crippen LogP contribution in [0.4, 0.5) is 5.69 Å². The van der Waals surface area contributed by atoms with Gasteiger partial charge in [0.15, 0.2) is 0 Å². The lowest BCUT2D eigenvalue weighted by molar-refractivity contribution is -0.117. The number of rotatable bonds is 8. The predicted molar refractivity (Wildman–Crippen MR) is 106 cm³/mol. The Morgan fingerprint density at radius 2 is 1.88 bits per heavy atom. The largest absolute Gasteiger partial charge is 0.492 e. The van der Waals surface area contributed by atoms with Gasteiger partial charge in [0, 0.05) is 29.3 Å². The van der Waals surface area contributed by atoms with E-state index in [0.717, 1.165) is 10.2 Å². The SMILES string of the molecule is CNC(=O)c1cccc(NC(=O)CN(C)CCOc2ccc(Br)cc2)c1. The lowest BCUT2D eigenvalue weighted by Gasteiger charge is -2.17. The summed E-state index contributed by atoms with van der Waals surface area (Å²) in [6.07, 6.45) is 0. The van der Waals surface area contributed by atoms with E-state index in [0.29, 0.717) is 24.4 Å². The molecule has 0 unspecified atom stereocenters. The van der Waals surface area contributed by atoms with Crippen LogP contribution in [0.3, 0.4) is 0 Å². The Kier molecular flexibility index (Phi) is 7.62. The summed E-state index contributed by atoms with van der Waals surface area (Å²) in [5.74, 6) is 0.450. The first kappa shape index (κ1) is 19.9. The van der Waals surface area contributed by atoms with Gasteiger partial charge in [0.1, 0.15) is 12.4 Å². The molecule has 0 spiro atoms. The average molecular weight is 420 g/mol. The van der Waals surface area contributed by atoms with E-state index in [-0.39, 0.29) is 18.4 Å². The number of halogens is 1. The summed E-state index contributed by atoms with van der Waals surface area (Å²) in [7, 11) is 3.42. The molecule has 0 aliphatic heterocycles. The molecule has 138 valence electrons. The smallest absolute Gasteiger partial charge is 0.251 e. The van der Waals surface area contributed by atoms with Crippen molar-refractivity contribution >= 4 is 33.4 Å². The lowest BCUT2D eigenvalue weighted by atomic mass is 10.2. The molecule has 0 saturated carbocycles. The Morgan fingerprint density at radius 1 is 1.15 bits per heavy atom. The molecule has 2 rings (SSSR count). The fourth-order valence-corrected chi connectivity index (χ4v) is 2.52. The van der Waals surface area contributed by atoms with E-state index in [4.69, 9.17) is 4.74 Å². The number of amides is 2. The first-order valence-electron chi connectivity index (χ1n) is 8.17. The summed E-state index contributed by atoms with van der Waals surface area (Å²) in [5, 5.41) is 5.36. The summed E-state index contributed by atoms with van der Waals surface area (Å²) in [4.78, 5) is 25.7. The number of benzene rings is 2. The van der Waals surface area contributed by atoms with Crippen molar-refractivity contribution in [2.75, 3.05) is 39.1 Å². The normalized spacial score (nSPS) is 10.5. The van der Waals surface area contributed by atoms with E-state index < -0.39 is 0 Å². The minimum absolute atomic E-state index is 0.148. The van der Waals surface area contributed by atoms with Gasteiger partial charge < -0.3 is 15.4 Å². The van der Waals surface area contributed by atoms with E-state index in [1.54, 1.807) is 31.3 Å². The van der Waals surface area contributed by atoms with Crippen LogP contribution in [0.15, 0.2) is 53.0 Å². The number of nitrogens with zero attached hydrogens (tertiary/aromatic N) is 1. The van der Waals surface area contributed by atoms with Gasteiger partial charge in [0.05, 0.1) is 6.54 Å². The number of nitrogens with one attached hydrogen (secondary N) is 2. The van der Waals surface area contributed by atoms with Crippen molar-refractivity contribution in [3.8, 4) is 5.75 Å². The number of hydrogen-bond acceptors (Lipinski definition) is 4. The quantitative estimate of drug-likeness (QED) is 0.689. The Hall–Kier alpha value is -2.38. The molecule has 0 atom stereocenters. The molecule has 2 aromatic carbocycles. The monoisotopic (exact) mass is 419 g/mol. The van der Waals surface area contributed by atoms with E-state index in [1.807, 2.05) is 36.2 Å². The second-order valence-corrected chi connectivity index (χ2v) is 6.66. The Bertz CT molecular complexity index is 750. The second kappa shape index (κ2) is 9.94. The lowest BCUT2D eigenvalue weighted by Crippen LogP contribution is -2.33. The number of anilines is 1. The highest BCUT2D eigenvalue weighted by Gasteiger charge is 2.09. The van der Waals surface area contributed by atoms with Gasteiger partial charge in [-0.1, -0.05) is 22.0 Å². The Morgan fingerprint density at radius 3 is 2.58 bits per heavy atom. The zero-order valence-corrected chi connectivity index (χ0v) is 16.4. The number of hydrogen-bond donors (Lipinski definition) is 2. The fourth-order valence-electron chi connectivity index (χ4n) is 2.26. The molecular formula is C19H22BrN3O3. The van der Waals surface area contributed by atoms with Gasteiger partial charge in [-0.25, -0.2) is 0 Å². The molecular weight excluding hydrogens is 398 g/mol. The highest BCUT2D eigenvalue weighted by molar-refractivity contribution is 9.10. The van der Waals surface area contributed by atoms with Crippen LogP contribution in [0.1, 0.15) is 10.4 Å². The summed E-state index contributed by atoms with van der Waals surface area (Å²) in [6, 6.07) is 14.4. The maximum atomic E-state index is 12.1. The van der Waals surface area contributed by atoms with Crippen molar-refractivity contribution in [1.29, 1.82) is 0 Å². The van der Waals surface area contributed by atoms with Gasteiger partial charge >= 0.3 is 0 Å². The van der Waals surface area contributed by atoms with Gasteiger partial charge in [-0.2, -0.15) is 0 Å². The van der Waals surface area contributed by atoms with Crippen molar-refractivity contribution in [2.45, 2.75) is 0 Å². The van der Waals surface area contributed by atoms with E-state index in [1.165, 1.54) is 0 Å². The number of carbonyl (C=O) groups is 2. The molecule has 2 aromatic rings. The third-order valence-corrected chi connectivity index (χ3v) is 4.13. The predicted octanol–water partition coefficient (Wildman–Crippen LogP) is 2.76. The highest BCUT2D eigenvalue weighted by atomic mass is 79.9. The molecule has 0 radical (unpaired) electrons. The minimum Gasteiger partial charge on any atom is -0.492 e. The number of carbonyl (C=O) groups excluding carboxylic acids is 2. The molecule has 7 heteroatoms. The van der Waals surface area contributed by atoms with Crippen LogP contribution in [0.5, 0.6) is 5.75 Å². The van der Waals surface area contributed by atoms with E-state index >= 15 is 0 Å². The second-order valence-electron chi connectivity index (χ2n) is 5.75. The summed E-state index contributed by atoms with van der Waals surface area (Å²) in [5.41, 5.74) is 1.09. The van der Waals surface area contributed by atoms with Crippen molar-refractivity contribution in [3.63, 3.8) is 0 Å². The summed E-state index contributed by atoms with van der Waals surface area (Å²) < 4.78 is 6.65. The fraction of sp³-hybridized carbons (Fsp3) is 0.263. The standard InChI is InChI=1S/C19H22BrN3O3/c1-21-19(25)14-4-3-5-16(12-14)22-18(24)13-23(2)10-11-26-17-8-6-15(20)7-9-17/h3-9,12H,10-11,13H2,1-2H3,(H,21,25)(H,22,24). The van der Waals surface area contributed by atoms with Crippen LogP contribution >= 0.6 is 15.9 Å². The topological polar surface area (TPSA) is 70.7 Å². The van der Waals surface area contributed by atoms with Crippen molar-refractivity contribution in [2.24, 2.45) is 0 Å². The molecule has 2 amide bonds. The van der Waals surface area contributed by atoms with Gasteiger partial charge in [0.25, 0.3) is 5.91 Å². The molecule has 0 aliphatic carbocycles. The minimum atomic E-state index is -0.191. The van der Waals surface area contributed by atoms with E-state index in [9.17, 15) is 9.59 Å². The van der Waals surface area contributed by atoms with Crippen LogP contribution in [-0.2, 0) is 4.79 Å². The first-order chi connectivity index (χ1) is 12.5.